The van der Waals surface area contributed by atoms with Gasteiger partial charge in [0.15, 0.2) is 0 Å². The topological polar surface area (TPSA) is 108 Å². The molecule has 1 aromatic rings. The van der Waals surface area contributed by atoms with Crippen molar-refractivity contribution in [3.05, 3.63) is 16.6 Å². The summed E-state index contributed by atoms with van der Waals surface area (Å²) in [5, 5.41) is 12.7. The van der Waals surface area contributed by atoms with Gasteiger partial charge in [0.1, 0.15) is 11.4 Å². The molecular formula is C8H9N3O4S. The van der Waals surface area contributed by atoms with E-state index in [-0.39, 0.29) is 6.54 Å². The molecule has 0 saturated heterocycles. The molecule has 1 rings (SSSR count). The Morgan fingerprint density at radius 3 is 2.62 bits per heavy atom. The van der Waals surface area contributed by atoms with Crippen molar-refractivity contribution in [2.24, 2.45) is 0 Å². The van der Waals surface area contributed by atoms with E-state index in [9.17, 15) is 14.4 Å². The van der Waals surface area contributed by atoms with Crippen LogP contribution in [0, 0.1) is 0 Å². The standard InChI is InChI=1S/C8H9N3O4S/c12-6(10-3-7(13)14)2-11-8(15)5-1-9-4-16-5/h1,4H,2-3H2,(H,10,12)(H,11,15)(H,13,14). The van der Waals surface area contributed by atoms with Gasteiger partial charge in [-0.1, -0.05) is 0 Å². The highest BCUT2D eigenvalue weighted by Gasteiger charge is 2.09. The lowest BCUT2D eigenvalue weighted by Gasteiger charge is -2.03. The number of aromatic nitrogens is 1. The zero-order chi connectivity index (χ0) is 12.0. The van der Waals surface area contributed by atoms with Crippen LogP contribution in [0.4, 0.5) is 0 Å². The first-order valence-electron chi connectivity index (χ1n) is 4.25. The van der Waals surface area contributed by atoms with E-state index in [1.807, 2.05) is 0 Å². The lowest BCUT2D eigenvalue weighted by atomic mass is 10.4. The molecule has 0 aromatic carbocycles. The van der Waals surface area contributed by atoms with Gasteiger partial charge in [-0.25, -0.2) is 0 Å². The number of carboxylic acids is 1. The SMILES string of the molecule is O=C(O)CNC(=O)CNC(=O)c1cncs1. The van der Waals surface area contributed by atoms with Crippen LogP contribution in [0.25, 0.3) is 0 Å². The molecule has 86 valence electrons. The van der Waals surface area contributed by atoms with E-state index < -0.39 is 24.3 Å². The van der Waals surface area contributed by atoms with E-state index in [1.165, 1.54) is 11.7 Å². The van der Waals surface area contributed by atoms with Gasteiger partial charge in [-0.3, -0.25) is 19.4 Å². The zero-order valence-corrected chi connectivity index (χ0v) is 8.91. The highest BCUT2D eigenvalue weighted by atomic mass is 32.1. The Morgan fingerprint density at radius 1 is 1.31 bits per heavy atom. The van der Waals surface area contributed by atoms with Crippen LogP contribution in [-0.4, -0.2) is 41.0 Å². The number of carbonyl (C=O) groups is 3. The molecular weight excluding hydrogens is 234 g/mol. The predicted molar refractivity (Wildman–Crippen MR) is 55.1 cm³/mol. The number of hydrogen-bond acceptors (Lipinski definition) is 5. The molecule has 0 spiro atoms. The number of hydrogen-bond donors (Lipinski definition) is 3. The first-order chi connectivity index (χ1) is 7.59. The second kappa shape index (κ2) is 5.81. The summed E-state index contributed by atoms with van der Waals surface area (Å²) < 4.78 is 0. The first kappa shape index (κ1) is 12.1. The van der Waals surface area contributed by atoms with E-state index in [4.69, 9.17) is 5.11 Å². The second-order valence-corrected chi connectivity index (χ2v) is 3.61. The molecule has 0 saturated carbocycles. The van der Waals surface area contributed by atoms with Gasteiger partial charge in [0, 0.05) is 0 Å². The molecule has 1 heterocycles. The molecule has 2 amide bonds. The van der Waals surface area contributed by atoms with E-state index in [1.54, 1.807) is 0 Å². The Balaban J connectivity index is 2.27. The lowest BCUT2D eigenvalue weighted by Crippen LogP contribution is -2.38. The summed E-state index contributed by atoms with van der Waals surface area (Å²) in [7, 11) is 0. The van der Waals surface area contributed by atoms with Crippen molar-refractivity contribution in [1.82, 2.24) is 15.6 Å². The quantitative estimate of drug-likeness (QED) is 0.619. The Bertz CT molecular complexity index is 390. The molecule has 16 heavy (non-hydrogen) atoms. The van der Waals surface area contributed by atoms with Crippen molar-refractivity contribution in [2.75, 3.05) is 13.1 Å². The van der Waals surface area contributed by atoms with Crippen LogP contribution in [0.15, 0.2) is 11.7 Å². The fraction of sp³-hybridized carbons (Fsp3) is 0.250. The molecule has 0 bridgehead atoms. The third kappa shape index (κ3) is 4.05. The summed E-state index contributed by atoms with van der Waals surface area (Å²) in [6.07, 6.45) is 1.38. The van der Waals surface area contributed by atoms with Gasteiger partial charge in [0.2, 0.25) is 5.91 Å². The average Bonchev–Trinajstić information content (AvgIpc) is 2.76. The maximum atomic E-state index is 11.3. The number of thiazole rings is 1. The number of nitrogens with zero attached hydrogens (tertiary/aromatic N) is 1. The van der Waals surface area contributed by atoms with Crippen LogP contribution in [0.3, 0.4) is 0 Å². The smallest absolute Gasteiger partial charge is 0.322 e. The Kier molecular flexibility index (Phi) is 4.40. The van der Waals surface area contributed by atoms with Crippen LogP contribution in [-0.2, 0) is 9.59 Å². The minimum Gasteiger partial charge on any atom is -0.480 e. The number of amides is 2. The number of nitrogens with one attached hydrogen (secondary N) is 2. The summed E-state index contributed by atoms with van der Waals surface area (Å²) >= 11 is 1.15. The third-order valence-corrected chi connectivity index (χ3v) is 2.27. The van der Waals surface area contributed by atoms with Gasteiger partial charge in [-0.15, -0.1) is 11.3 Å². The van der Waals surface area contributed by atoms with E-state index >= 15 is 0 Å². The van der Waals surface area contributed by atoms with Crippen LogP contribution in [0.2, 0.25) is 0 Å². The van der Waals surface area contributed by atoms with Crippen LogP contribution in [0.1, 0.15) is 9.67 Å². The molecule has 7 nitrogen and oxygen atoms in total. The molecule has 0 fully saturated rings. The van der Waals surface area contributed by atoms with Crippen molar-refractivity contribution in [3.63, 3.8) is 0 Å². The molecule has 0 aliphatic heterocycles. The maximum Gasteiger partial charge on any atom is 0.322 e. The Labute approximate surface area is 94.5 Å². The minimum absolute atomic E-state index is 0.260. The highest BCUT2D eigenvalue weighted by molar-refractivity contribution is 7.11. The molecule has 0 radical (unpaired) electrons. The van der Waals surface area contributed by atoms with Crippen molar-refractivity contribution in [3.8, 4) is 0 Å². The van der Waals surface area contributed by atoms with Crippen LogP contribution >= 0.6 is 11.3 Å². The summed E-state index contributed by atoms with van der Waals surface area (Å²) in [6, 6.07) is 0. The fourth-order valence-electron chi connectivity index (χ4n) is 0.812. The summed E-state index contributed by atoms with van der Waals surface area (Å²) in [4.78, 5) is 36.6. The average molecular weight is 243 g/mol. The third-order valence-electron chi connectivity index (χ3n) is 1.50. The molecule has 0 aliphatic rings. The van der Waals surface area contributed by atoms with E-state index in [0.29, 0.717) is 4.88 Å². The van der Waals surface area contributed by atoms with Crippen LogP contribution < -0.4 is 10.6 Å². The van der Waals surface area contributed by atoms with Crippen molar-refractivity contribution in [2.45, 2.75) is 0 Å². The Hall–Kier alpha value is -1.96. The van der Waals surface area contributed by atoms with Gasteiger partial charge in [0.05, 0.1) is 18.3 Å². The number of rotatable bonds is 5. The molecule has 1 aromatic heterocycles. The minimum atomic E-state index is -1.14. The number of carbonyl (C=O) groups excluding carboxylic acids is 2. The van der Waals surface area contributed by atoms with Gasteiger partial charge >= 0.3 is 5.97 Å². The van der Waals surface area contributed by atoms with E-state index in [2.05, 4.69) is 15.6 Å². The number of aliphatic carboxylic acids is 1. The van der Waals surface area contributed by atoms with Gasteiger partial charge in [0.25, 0.3) is 5.91 Å². The zero-order valence-electron chi connectivity index (χ0n) is 8.10. The largest absolute Gasteiger partial charge is 0.480 e. The van der Waals surface area contributed by atoms with Gasteiger partial charge in [-0.05, 0) is 0 Å². The van der Waals surface area contributed by atoms with Crippen molar-refractivity contribution in [1.29, 1.82) is 0 Å². The lowest BCUT2D eigenvalue weighted by molar-refractivity contribution is -0.137. The number of carboxylic acid groups (broad SMARTS) is 1. The molecule has 8 heteroatoms. The monoisotopic (exact) mass is 243 g/mol. The van der Waals surface area contributed by atoms with Gasteiger partial charge < -0.3 is 15.7 Å². The normalized spacial score (nSPS) is 9.50. The maximum absolute atomic E-state index is 11.3. The summed E-state index contributed by atoms with van der Waals surface area (Å²) in [5.74, 6) is -2.10. The van der Waals surface area contributed by atoms with Gasteiger partial charge in [-0.2, -0.15) is 0 Å². The Morgan fingerprint density at radius 2 is 2.06 bits per heavy atom. The van der Waals surface area contributed by atoms with E-state index in [0.717, 1.165) is 11.3 Å². The fourth-order valence-corrected chi connectivity index (χ4v) is 1.35. The molecule has 3 N–H and O–H groups in total. The summed E-state index contributed by atoms with van der Waals surface area (Å²) in [6.45, 7) is -0.723. The highest BCUT2D eigenvalue weighted by Crippen LogP contribution is 2.03. The van der Waals surface area contributed by atoms with Crippen molar-refractivity contribution < 1.29 is 19.5 Å². The molecule has 0 atom stereocenters. The molecule has 0 unspecified atom stereocenters. The second-order valence-electron chi connectivity index (χ2n) is 2.72. The summed E-state index contributed by atoms with van der Waals surface area (Å²) in [5.41, 5.74) is 1.50. The first-order valence-corrected chi connectivity index (χ1v) is 5.12. The van der Waals surface area contributed by atoms with Crippen molar-refractivity contribution >= 4 is 29.1 Å². The van der Waals surface area contributed by atoms with Crippen LogP contribution in [0.5, 0.6) is 0 Å². The predicted octanol–water partition coefficient (Wildman–Crippen LogP) is -0.926. The molecule has 0 aliphatic carbocycles.